The monoisotopic (exact) mass is 252 g/mol. The summed E-state index contributed by atoms with van der Waals surface area (Å²) in [5.74, 6) is 4.15. The first-order valence-electron chi connectivity index (χ1n) is 5.76. The van der Waals surface area contributed by atoms with Crippen LogP contribution in [0.5, 0.6) is 5.75 Å². The molecule has 0 spiro atoms. The Balaban J connectivity index is 2.04. The molecule has 0 unspecified atom stereocenters. The molecular formula is C16H12O3. The van der Waals surface area contributed by atoms with Gasteiger partial charge in [-0.3, -0.25) is 0 Å². The Labute approximate surface area is 111 Å². The lowest BCUT2D eigenvalue weighted by molar-refractivity contribution is -0.130. The molecule has 0 bridgehead atoms. The van der Waals surface area contributed by atoms with Crippen molar-refractivity contribution in [2.75, 3.05) is 0 Å². The number of carboxylic acid groups (broad SMARTS) is 1. The van der Waals surface area contributed by atoms with Crippen LogP contribution in [0.4, 0.5) is 0 Å². The highest BCUT2D eigenvalue weighted by Gasteiger charge is 1.96. The van der Waals surface area contributed by atoms with Gasteiger partial charge in [0.05, 0.1) is 0 Å². The normalized spacial score (nSPS) is 9.26. The first-order chi connectivity index (χ1) is 9.24. The Bertz CT molecular complexity index is 621. The van der Waals surface area contributed by atoms with E-state index in [1.54, 1.807) is 18.2 Å². The van der Waals surface area contributed by atoms with E-state index in [0.717, 1.165) is 5.56 Å². The maximum Gasteiger partial charge on any atom is 0.382 e. The lowest BCUT2D eigenvalue weighted by atomic mass is 10.2. The summed E-state index contributed by atoms with van der Waals surface area (Å²) < 4.78 is 5.62. The van der Waals surface area contributed by atoms with Gasteiger partial charge in [0.15, 0.2) is 0 Å². The van der Waals surface area contributed by atoms with Crippen molar-refractivity contribution in [3.05, 3.63) is 65.7 Å². The zero-order valence-electron chi connectivity index (χ0n) is 10.2. The van der Waals surface area contributed by atoms with Gasteiger partial charge in [0, 0.05) is 11.5 Å². The van der Waals surface area contributed by atoms with Crippen LogP contribution in [0.3, 0.4) is 0 Å². The molecule has 1 N–H and O–H groups in total. The van der Waals surface area contributed by atoms with E-state index in [2.05, 4.69) is 11.8 Å². The third-order valence-corrected chi connectivity index (χ3v) is 2.40. The predicted molar refractivity (Wildman–Crippen MR) is 71.7 cm³/mol. The third kappa shape index (κ3) is 4.21. The molecule has 0 amide bonds. The first kappa shape index (κ1) is 12.7. The molecule has 0 aliphatic rings. The lowest BCUT2D eigenvalue weighted by Gasteiger charge is -2.06. The van der Waals surface area contributed by atoms with Crippen LogP contribution in [-0.2, 0) is 11.4 Å². The minimum Gasteiger partial charge on any atom is -0.489 e. The van der Waals surface area contributed by atoms with Gasteiger partial charge in [-0.2, -0.15) is 0 Å². The predicted octanol–water partition coefficient (Wildman–Crippen LogP) is 2.70. The van der Waals surface area contributed by atoms with Crippen molar-refractivity contribution in [2.24, 2.45) is 0 Å². The van der Waals surface area contributed by atoms with Crippen LogP contribution in [0.1, 0.15) is 11.1 Å². The number of aliphatic carboxylic acids is 1. The fourth-order valence-electron chi connectivity index (χ4n) is 1.53. The molecular weight excluding hydrogens is 240 g/mol. The van der Waals surface area contributed by atoms with Crippen LogP contribution in [0.25, 0.3) is 0 Å². The van der Waals surface area contributed by atoms with Crippen molar-refractivity contribution < 1.29 is 14.6 Å². The average molecular weight is 252 g/mol. The van der Waals surface area contributed by atoms with Crippen molar-refractivity contribution in [2.45, 2.75) is 6.61 Å². The topological polar surface area (TPSA) is 46.5 Å². The minimum atomic E-state index is -1.14. The summed E-state index contributed by atoms with van der Waals surface area (Å²) in [5, 5.41) is 8.49. The van der Waals surface area contributed by atoms with Crippen LogP contribution in [0, 0.1) is 11.8 Å². The second-order valence-corrected chi connectivity index (χ2v) is 3.86. The molecule has 19 heavy (non-hydrogen) atoms. The van der Waals surface area contributed by atoms with Crippen LogP contribution in [0.15, 0.2) is 54.6 Å². The highest BCUT2D eigenvalue weighted by atomic mass is 16.5. The zero-order chi connectivity index (χ0) is 13.5. The molecule has 0 saturated carbocycles. The van der Waals surface area contributed by atoms with E-state index in [4.69, 9.17) is 9.84 Å². The summed E-state index contributed by atoms with van der Waals surface area (Å²) in [6.45, 7) is 0.469. The number of hydrogen-bond acceptors (Lipinski definition) is 2. The number of carboxylic acids is 1. The standard InChI is InChI=1S/C16H12O3/c17-16(18)10-9-13-7-4-8-15(11-13)19-12-14-5-2-1-3-6-14/h1-8,11H,12H2,(H,17,18). The molecule has 0 aromatic heterocycles. The van der Waals surface area contributed by atoms with E-state index in [1.807, 2.05) is 36.4 Å². The average Bonchev–Trinajstić information content (AvgIpc) is 2.44. The Kier molecular flexibility index (Phi) is 4.20. The summed E-state index contributed by atoms with van der Waals surface area (Å²) in [6.07, 6.45) is 0. The van der Waals surface area contributed by atoms with Crippen LogP contribution < -0.4 is 4.74 Å². The van der Waals surface area contributed by atoms with Crippen molar-refractivity contribution in [1.82, 2.24) is 0 Å². The molecule has 0 radical (unpaired) electrons. The van der Waals surface area contributed by atoms with Gasteiger partial charge in [0.1, 0.15) is 12.4 Å². The maximum atomic E-state index is 10.4. The Morgan fingerprint density at radius 3 is 2.63 bits per heavy atom. The smallest absolute Gasteiger partial charge is 0.382 e. The van der Waals surface area contributed by atoms with E-state index in [0.29, 0.717) is 17.9 Å². The van der Waals surface area contributed by atoms with Gasteiger partial charge >= 0.3 is 5.97 Å². The molecule has 3 heteroatoms. The summed E-state index contributed by atoms with van der Waals surface area (Å²) in [4.78, 5) is 10.4. The molecule has 0 saturated heterocycles. The molecule has 2 rings (SSSR count). The summed E-state index contributed by atoms with van der Waals surface area (Å²) in [7, 11) is 0. The Hall–Kier alpha value is -2.73. The summed E-state index contributed by atoms with van der Waals surface area (Å²) in [5.41, 5.74) is 1.69. The van der Waals surface area contributed by atoms with Crippen LogP contribution in [-0.4, -0.2) is 11.1 Å². The molecule has 0 aliphatic carbocycles. The molecule has 0 fully saturated rings. The summed E-state index contributed by atoms with van der Waals surface area (Å²) >= 11 is 0. The number of hydrogen-bond donors (Lipinski definition) is 1. The lowest BCUT2D eigenvalue weighted by Crippen LogP contribution is -1.95. The van der Waals surface area contributed by atoms with Crippen molar-refractivity contribution in [3.8, 4) is 17.6 Å². The van der Waals surface area contributed by atoms with Gasteiger partial charge in [-0.1, -0.05) is 42.3 Å². The molecule has 3 nitrogen and oxygen atoms in total. The quantitative estimate of drug-likeness (QED) is 0.854. The van der Waals surface area contributed by atoms with E-state index in [-0.39, 0.29) is 0 Å². The van der Waals surface area contributed by atoms with Gasteiger partial charge in [-0.25, -0.2) is 4.79 Å². The minimum absolute atomic E-state index is 0.469. The number of ether oxygens (including phenoxy) is 1. The van der Waals surface area contributed by atoms with Crippen molar-refractivity contribution in [1.29, 1.82) is 0 Å². The number of benzene rings is 2. The second-order valence-electron chi connectivity index (χ2n) is 3.86. The van der Waals surface area contributed by atoms with E-state index < -0.39 is 5.97 Å². The van der Waals surface area contributed by atoms with Crippen molar-refractivity contribution in [3.63, 3.8) is 0 Å². The van der Waals surface area contributed by atoms with Crippen LogP contribution in [0.2, 0.25) is 0 Å². The fourth-order valence-corrected chi connectivity index (χ4v) is 1.53. The largest absolute Gasteiger partial charge is 0.489 e. The van der Waals surface area contributed by atoms with E-state index >= 15 is 0 Å². The second kappa shape index (κ2) is 6.27. The number of carbonyl (C=O) groups is 1. The molecule has 0 atom stereocenters. The Morgan fingerprint density at radius 1 is 1.11 bits per heavy atom. The summed E-state index contributed by atoms with van der Waals surface area (Å²) in [6, 6.07) is 16.9. The van der Waals surface area contributed by atoms with E-state index in [9.17, 15) is 4.79 Å². The highest BCUT2D eigenvalue weighted by molar-refractivity contribution is 5.87. The molecule has 0 heterocycles. The third-order valence-electron chi connectivity index (χ3n) is 2.40. The van der Waals surface area contributed by atoms with Gasteiger partial charge in [-0.05, 0) is 23.8 Å². The SMILES string of the molecule is O=C(O)C#Cc1cccc(OCc2ccccc2)c1. The Morgan fingerprint density at radius 2 is 1.89 bits per heavy atom. The zero-order valence-corrected chi connectivity index (χ0v) is 10.2. The molecule has 94 valence electrons. The van der Waals surface area contributed by atoms with Gasteiger partial charge in [-0.15, -0.1) is 0 Å². The molecule has 0 aliphatic heterocycles. The maximum absolute atomic E-state index is 10.4. The fraction of sp³-hybridized carbons (Fsp3) is 0.0625. The van der Waals surface area contributed by atoms with Crippen LogP contribution >= 0.6 is 0 Å². The molecule has 2 aromatic carbocycles. The molecule has 2 aromatic rings. The van der Waals surface area contributed by atoms with Gasteiger partial charge in [0.2, 0.25) is 0 Å². The number of rotatable bonds is 3. The van der Waals surface area contributed by atoms with Crippen molar-refractivity contribution >= 4 is 5.97 Å². The van der Waals surface area contributed by atoms with E-state index in [1.165, 1.54) is 0 Å². The first-order valence-corrected chi connectivity index (χ1v) is 5.76. The highest BCUT2D eigenvalue weighted by Crippen LogP contribution is 2.14. The van der Waals surface area contributed by atoms with Gasteiger partial charge in [0.25, 0.3) is 0 Å². The van der Waals surface area contributed by atoms with Gasteiger partial charge < -0.3 is 9.84 Å².